The fourth-order valence-corrected chi connectivity index (χ4v) is 5.93. The summed E-state index contributed by atoms with van der Waals surface area (Å²) in [5.41, 5.74) is 7.70. The summed E-state index contributed by atoms with van der Waals surface area (Å²) in [5, 5.41) is 16.7. The number of carboxylic acids is 1. The average molecular weight is 526 g/mol. The number of thiazole rings is 1. The number of aromatic nitrogens is 5. The highest BCUT2D eigenvalue weighted by Gasteiger charge is 2.20. The number of rotatable bonds is 5. The lowest BCUT2D eigenvalue weighted by atomic mass is 9.93. The zero-order valence-electron chi connectivity index (χ0n) is 19.9. The molecule has 0 fully saturated rings. The number of fused-ring (bicyclic) bond motifs is 2. The monoisotopic (exact) mass is 525 g/mol. The van der Waals surface area contributed by atoms with Gasteiger partial charge in [0.2, 0.25) is 0 Å². The SMILES string of the molecule is Cc1cc2nc(-c3ccc4c(c3)c(-c3cnccn3)nn4C)sc2c(-c2ccc(Cl)cc2)c1CC(=O)O. The van der Waals surface area contributed by atoms with Crippen LogP contribution in [0.15, 0.2) is 67.1 Å². The van der Waals surface area contributed by atoms with Gasteiger partial charge < -0.3 is 5.11 Å². The predicted octanol–water partition coefficient (Wildman–Crippen LogP) is 6.56. The summed E-state index contributed by atoms with van der Waals surface area (Å²) in [6.07, 6.45) is 4.93. The molecule has 0 saturated heterocycles. The van der Waals surface area contributed by atoms with Gasteiger partial charge in [0.25, 0.3) is 0 Å². The molecule has 7 nitrogen and oxygen atoms in total. The Morgan fingerprint density at radius 1 is 1.08 bits per heavy atom. The largest absolute Gasteiger partial charge is 0.481 e. The van der Waals surface area contributed by atoms with E-state index in [0.717, 1.165) is 59.6 Å². The van der Waals surface area contributed by atoms with E-state index in [2.05, 4.69) is 21.1 Å². The Balaban J connectivity index is 1.56. The number of hydrogen-bond donors (Lipinski definition) is 1. The van der Waals surface area contributed by atoms with Gasteiger partial charge in [-0.05, 0) is 60.0 Å². The third-order valence-electron chi connectivity index (χ3n) is 6.38. The normalized spacial score (nSPS) is 11.4. The van der Waals surface area contributed by atoms with Crippen LogP contribution in [0.5, 0.6) is 0 Å². The van der Waals surface area contributed by atoms with E-state index in [1.54, 1.807) is 29.9 Å². The Kier molecular flexibility index (Phi) is 5.70. The molecule has 0 aliphatic rings. The minimum Gasteiger partial charge on any atom is -0.481 e. The van der Waals surface area contributed by atoms with E-state index < -0.39 is 5.97 Å². The van der Waals surface area contributed by atoms with Gasteiger partial charge in [-0.3, -0.25) is 19.4 Å². The van der Waals surface area contributed by atoms with Gasteiger partial charge in [0, 0.05) is 41.0 Å². The van der Waals surface area contributed by atoms with Crippen LogP contribution >= 0.6 is 22.9 Å². The number of aliphatic carboxylic acids is 1. The standard InChI is InChI=1S/C28H20ClN5O2S/c1-15-11-21-27(25(19(15)13-24(35)36)16-3-6-18(29)7-4-16)37-28(32-21)17-5-8-23-20(12-17)26(33-34(23)2)22-14-30-9-10-31-22/h3-12,14H,13H2,1-2H3,(H,35,36). The van der Waals surface area contributed by atoms with Gasteiger partial charge in [0.05, 0.1) is 28.4 Å². The molecule has 0 amide bonds. The van der Waals surface area contributed by atoms with Gasteiger partial charge in [-0.15, -0.1) is 11.3 Å². The number of benzene rings is 3. The van der Waals surface area contributed by atoms with Crippen molar-refractivity contribution >= 4 is 50.0 Å². The van der Waals surface area contributed by atoms with E-state index >= 15 is 0 Å². The fourth-order valence-electron chi connectivity index (χ4n) is 4.67. The quantitative estimate of drug-likeness (QED) is 0.274. The number of hydrogen-bond acceptors (Lipinski definition) is 6. The summed E-state index contributed by atoms with van der Waals surface area (Å²) in [6, 6.07) is 15.6. The maximum absolute atomic E-state index is 11.7. The minimum absolute atomic E-state index is 0.0733. The lowest BCUT2D eigenvalue weighted by Crippen LogP contribution is -2.04. The second-order valence-corrected chi connectivity index (χ2v) is 10.2. The molecule has 0 spiro atoms. The molecule has 0 aliphatic carbocycles. The summed E-state index contributed by atoms with van der Waals surface area (Å²) in [6.45, 7) is 1.94. The van der Waals surface area contributed by atoms with Crippen molar-refractivity contribution in [2.24, 2.45) is 7.05 Å². The van der Waals surface area contributed by atoms with Crippen LogP contribution in [0.3, 0.4) is 0 Å². The molecule has 0 radical (unpaired) electrons. The molecular weight excluding hydrogens is 506 g/mol. The molecule has 0 saturated carbocycles. The van der Waals surface area contributed by atoms with Crippen molar-refractivity contribution in [2.75, 3.05) is 0 Å². The summed E-state index contributed by atoms with van der Waals surface area (Å²) in [4.78, 5) is 25.4. The molecule has 1 N–H and O–H groups in total. The first-order valence-corrected chi connectivity index (χ1v) is 12.7. The van der Waals surface area contributed by atoms with Gasteiger partial charge in [-0.2, -0.15) is 5.10 Å². The van der Waals surface area contributed by atoms with Crippen molar-refractivity contribution in [3.63, 3.8) is 0 Å². The van der Waals surface area contributed by atoms with Crippen molar-refractivity contribution in [3.8, 4) is 33.1 Å². The number of nitrogens with zero attached hydrogens (tertiary/aromatic N) is 5. The molecule has 37 heavy (non-hydrogen) atoms. The van der Waals surface area contributed by atoms with Crippen LogP contribution in [0.2, 0.25) is 5.02 Å². The van der Waals surface area contributed by atoms with Crippen LogP contribution < -0.4 is 0 Å². The Hall–Kier alpha value is -4.14. The molecule has 6 rings (SSSR count). The third kappa shape index (κ3) is 4.14. The van der Waals surface area contributed by atoms with E-state index in [1.165, 1.54) is 0 Å². The van der Waals surface area contributed by atoms with Gasteiger partial charge in [-0.1, -0.05) is 23.7 Å². The van der Waals surface area contributed by atoms with E-state index in [4.69, 9.17) is 16.6 Å². The predicted molar refractivity (Wildman–Crippen MR) is 147 cm³/mol. The molecule has 3 heterocycles. The molecule has 182 valence electrons. The first-order valence-electron chi connectivity index (χ1n) is 11.5. The third-order valence-corrected chi connectivity index (χ3v) is 7.77. The highest BCUT2D eigenvalue weighted by atomic mass is 35.5. The maximum Gasteiger partial charge on any atom is 0.307 e. The number of carboxylic acid groups (broad SMARTS) is 1. The zero-order valence-corrected chi connectivity index (χ0v) is 21.5. The first-order chi connectivity index (χ1) is 17.9. The van der Waals surface area contributed by atoms with E-state index in [0.29, 0.717) is 10.7 Å². The van der Waals surface area contributed by atoms with Crippen LogP contribution in [0, 0.1) is 6.92 Å². The Morgan fingerprint density at radius 2 is 1.86 bits per heavy atom. The van der Waals surface area contributed by atoms with Crippen LogP contribution in [0.25, 0.3) is 54.2 Å². The van der Waals surface area contributed by atoms with Gasteiger partial charge in [0.1, 0.15) is 16.4 Å². The smallest absolute Gasteiger partial charge is 0.307 e. The highest BCUT2D eigenvalue weighted by Crippen LogP contribution is 2.42. The van der Waals surface area contributed by atoms with Crippen molar-refractivity contribution < 1.29 is 9.90 Å². The van der Waals surface area contributed by atoms with Gasteiger partial charge in [-0.25, -0.2) is 4.98 Å². The number of halogens is 1. The topological polar surface area (TPSA) is 93.8 Å². The number of carbonyl (C=O) groups is 1. The molecule has 3 aromatic carbocycles. The molecule has 0 bridgehead atoms. The lowest BCUT2D eigenvalue weighted by molar-refractivity contribution is -0.136. The van der Waals surface area contributed by atoms with E-state index in [-0.39, 0.29) is 6.42 Å². The number of aryl methyl sites for hydroxylation is 2. The van der Waals surface area contributed by atoms with Crippen molar-refractivity contribution in [1.82, 2.24) is 24.7 Å². The zero-order chi connectivity index (χ0) is 25.7. The Morgan fingerprint density at radius 3 is 2.59 bits per heavy atom. The average Bonchev–Trinajstić information content (AvgIpc) is 3.46. The molecular formula is C28H20ClN5O2S. The molecule has 0 unspecified atom stereocenters. The highest BCUT2D eigenvalue weighted by molar-refractivity contribution is 7.22. The van der Waals surface area contributed by atoms with Gasteiger partial charge in [0.15, 0.2) is 0 Å². The molecule has 3 aromatic heterocycles. The minimum atomic E-state index is -0.874. The lowest BCUT2D eigenvalue weighted by Gasteiger charge is -2.13. The van der Waals surface area contributed by atoms with Crippen molar-refractivity contribution in [2.45, 2.75) is 13.3 Å². The van der Waals surface area contributed by atoms with Crippen molar-refractivity contribution in [3.05, 3.63) is 83.3 Å². The summed E-state index contributed by atoms with van der Waals surface area (Å²) in [7, 11) is 1.91. The Labute approximate surface area is 221 Å². The second kappa shape index (κ2) is 9.06. The summed E-state index contributed by atoms with van der Waals surface area (Å²) in [5.74, 6) is -0.874. The fraction of sp³-hybridized carbons (Fsp3) is 0.107. The second-order valence-electron chi connectivity index (χ2n) is 8.79. The van der Waals surface area contributed by atoms with E-state index in [9.17, 15) is 9.90 Å². The van der Waals surface area contributed by atoms with Crippen molar-refractivity contribution in [1.29, 1.82) is 0 Å². The van der Waals surface area contributed by atoms with Crippen LogP contribution in [-0.2, 0) is 18.3 Å². The maximum atomic E-state index is 11.7. The Bertz CT molecular complexity index is 1810. The van der Waals surface area contributed by atoms with Gasteiger partial charge >= 0.3 is 5.97 Å². The molecule has 9 heteroatoms. The summed E-state index contributed by atoms with van der Waals surface area (Å²) >= 11 is 7.70. The summed E-state index contributed by atoms with van der Waals surface area (Å²) < 4.78 is 2.78. The van der Waals surface area contributed by atoms with Crippen LogP contribution in [0.1, 0.15) is 11.1 Å². The molecule has 0 aliphatic heterocycles. The molecule has 0 atom stereocenters. The van der Waals surface area contributed by atoms with Crippen LogP contribution in [-0.4, -0.2) is 35.8 Å². The molecule has 6 aromatic rings. The van der Waals surface area contributed by atoms with E-state index in [1.807, 2.05) is 61.1 Å². The van der Waals surface area contributed by atoms with Crippen LogP contribution in [0.4, 0.5) is 0 Å². The first kappa shape index (κ1) is 23.3.